The summed E-state index contributed by atoms with van der Waals surface area (Å²) >= 11 is 0. The van der Waals surface area contributed by atoms with Gasteiger partial charge in [0.2, 0.25) is 0 Å². The van der Waals surface area contributed by atoms with Gasteiger partial charge in [-0.05, 0) is 40.5 Å². The van der Waals surface area contributed by atoms with E-state index in [1.165, 1.54) is 11.9 Å². The van der Waals surface area contributed by atoms with E-state index >= 15 is 0 Å². The van der Waals surface area contributed by atoms with Gasteiger partial charge in [-0.1, -0.05) is 36.4 Å². The van der Waals surface area contributed by atoms with Crippen molar-refractivity contribution in [2.75, 3.05) is 0 Å². The summed E-state index contributed by atoms with van der Waals surface area (Å²) < 4.78 is 0. The highest BCUT2D eigenvalue weighted by Gasteiger charge is 2.15. The molecule has 1 aliphatic rings. The number of aromatic nitrogens is 2. The Morgan fingerprint density at radius 2 is 1.86 bits per heavy atom. The van der Waals surface area contributed by atoms with Crippen molar-refractivity contribution < 1.29 is 9.90 Å². The highest BCUT2D eigenvalue weighted by Crippen LogP contribution is 2.30. The number of nitrogens with zero attached hydrogens (tertiary/aromatic N) is 2. The van der Waals surface area contributed by atoms with Crippen molar-refractivity contribution >= 4 is 22.8 Å². The van der Waals surface area contributed by atoms with E-state index in [2.05, 4.69) is 16.0 Å². The molecular weight excluding hydrogens is 276 g/mol. The molecule has 0 spiro atoms. The third-order valence-electron chi connectivity index (χ3n) is 3.50. The number of carbonyl (C=O) groups is 1. The molecule has 0 saturated heterocycles. The fraction of sp³-hybridized carbons (Fsp3) is 0.0556. The molecule has 1 aromatic heterocycles. The van der Waals surface area contributed by atoms with Crippen LogP contribution >= 0.6 is 0 Å². The number of allylic oxidation sites excluding steroid dienone is 1. The summed E-state index contributed by atoms with van der Waals surface area (Å²) in [5, 5.41) is 11.3. The lowest BCUT2D eigenvalue weighted by atomic mass is 9.90. The van der Waals surface area contributed by atoms with E-state index in [0.29, 0.717) is 5.56 Å². The maximum atomic E-state index is 11.1. The van der Waals surface area contributed by atoms with Gasteiger partial charge < -0.3 is 5.11 Å². The Kier molecular flexibility index (Phi) is 3.92. The van der Waals surface area contributed by atoms with Gasteiger partial charge in [-0.3, -0.25) is 0 Å². The summed E-state index contributed by atoms with van der Waals surface area (Å²) in [6.07, 6.45) is 9.69. The molecule has 108 valence electrons. The fourth-order valence-corrected chi connectivity index (χ4v) is 2.57. The van der Waals surface area contributed by atoms with Crippen LogP contribution in [0, 0.1) is 0 Å². The van der Waals surface area contributed by atoms with Crippen LogP contribution in [0.15, 0.2) is 61.2 Å². The topological polar surface area (TPSA) is 63.1 Å². The number of rotatable bonds is 1. The lowest BCUT2D eigenvalue weighted by Gasteiger charge is -2.14. The van der Waals surface area contributed by atoms with E-state index in [-0.39, 0.29) is 0 Å². The van der Waals surface area contributed by atoms with Gasteiger partial charge in [-0.15, -0.1) is 0 Å². The quantitative estimate of drug-likeness (QED) is 0.744. The second-order valence-electron chi connectivity index (χ2n) is 4.86. The maximum Gasteiger partial charge on any atom is 0.336 e. The van der Waals surface area contributed by atoms with Crippen molar-refractivity contribution in [1.82, 2.24) is 9.97 Å². The van der Waals surface area contributed by atoms with Crippen molar-refractivity contribution in [1.29, 1.82) is 0 Å². The summed E-state index contributed by atoms with van der Waals surface area (Å²) in [5.74, 6) is -0.863. The zero-order valence-corrected chi connectivity index (χ0v) is 11.8. The van der Waals surface area contributed by atoms with Crippen LogP contribution in [0.5, 0.6) is 0 Å². The second-order valence-corrected chi connectivity index (χ2v) is 4.86. The lowest BCUT2D eigenvalue weighted by molar-refractivity contribution is 0.0697. The van der Waals surface area contributed by atoms with Crippen molar-refractivity contribution in [3.63, 3.8) is 0 Å². The van der Waals surface area contributed by atoms with E-state index in [1.54, 1.807) is 24.5 Å². The molecule has 1 N–H and O–H groups in total. The Labute approximate surface area is 127 Å². The molecule has 0 aliphatic heterocycles. The number of carboxylic acid groups (broad SMARTS) is 1. The van der Waals surface area contributed by atoms with E-state index in [0.717, 1.165) is 22.8 Å². The first-order chi connectivity index (χ1) is 10.8. The third kappa shape index (κ3) is 2.72. The number of aromatic carboxylic acids is 1. The van der Waals surface area contributed by atoms with Gasteiger partial charge in [0.25, 0.3) is 0 Å². The van der Waals surface area contributed by atoms with Crippen molar-refractivity contribution in [2.45, 2.75) is 6.42 Å². The number of hydrogen-bond acceptors (Lipinski definition) is 3. The molecule has 0 unspecified atom stereocenters. The average Bonchev–Trinajstić information content (AvgIpc) is 2.58. The first kappa shape index (κ1) is 13.9. The molecule has 4 nitrogen and oxygen atoms in total. The smallest absolute Gasteiger partial charge is 0.336 e. The van der Waals surface area contributed by atoms with Crippen LogP contribution in [-0.4, -0.2) is 21.0 Å². The third-order valence-corrected chi connectivity index (χ3v) is 3.50. The minimum atomic E-state index is -0.863. The zero-order valence-electron chi connectivity index (χ0n) is 11.8. The molecule has 22 heavy (non-hydrogen) atoms. The fourth-order valence-electron chi connectivity index (χ4n) is 2.57. The molecule has 3 aromatic rings. The summed E-state index contributed by atoms with van der Waals surface area (Å²) in [5.41, 5.74) is 2.43. The van der Waals surface area contributed by atoms with E-state index in [1.807, 2.05) is 30.4 Å². The summed E-state index contributed by atoms with van der Waals surface area (Å²) in [6, 6.07) is 11.4. The SMILES string of the molecule is O=C(O)c1ccc2cccc3c2c1C=CC3.c1cncnc1. The highest BCUT2D eigenvalue weighted by atomic mass is 16.4. The van der Waals surface area contributed by atoms with Crippen LogP contribution in [0.1, 0.15) is 21.5 Å². The highest BCUT2D eigenvalue weighted by molar-refractivity contribution is 6.04. The monoisotopic (exact) mass is 290 g/mol. The summed E-state index contributed by atoms with van der Waals surface area (Å²) in [6.45, 7) is 0. The van der Waals surface area contributed by atoms with Crippen molar-refractivity contribution in [3.05, 3.63) is 77.9 Å². The first-order valence-corrected chi connectivity index (χ1v) is 6.92. The molecule has 0 bridgehead atoms. The molecular formula is C18H14N2O2. The largest absolute Gasteiger partial charge is 0.478 e. The molecule has 1 aliphatic carbocycles. The molecule has 0 radical (unpaired) electrons. The van der Waals surface area contributed by atoms with Crippen LogP contribution < -0.4 is 0 Å². The lowest BCUT2D eigenvalue weighted by Crippen LogP contribution is -2.03. The Bertz CT molecular complexity index is 816. The first-order valence-electron chi connectivity index (χ1n) is 6.92. The van der Waals surface area contributed by atoms with E-state index < -0.39 is 5.97 Å². The average molecular weight is 290 g/mol. The molecule has 0 amide bonds. The molecule has 1 heterocycles. The standard InChI is InChI=1S/C14H10O2.C4H4N2/c15-14(16)12-8-7-10-4-1-3-9-5-2-6-11(12)13(9)10;1-2-5-4-6-3-1/h1-4,6-8H,5H2,(H,15,16);1-4H. The zero-order chi connectivity index (χ0) is 15.4. The van der Waals surface area contributed by atoms with Crippen LogP contribution in [0.2, 0.25) is 0 Å². The molecule has 4 rings (SSSR count). The normalized spacial score (nSPS) is 11.6. The van der Waals surface area contributed by atoms with Crippen LogP contribution in [0.25, 0.3) is 16.8 Å². The maximum absolute atomic E-state index is 11.1. The molecule has 0 fully saturated rings. The minimum absolute atomic E-state index is 0.385. The van der Waals surface area contributed by atoms with E-state index in [9.17, 15) is 4.79 Å². The summed E-state index contributed by atoms with van der Waals surface area (Å²) in [4.78, 5) is 18.5. The Morgan fingerprint density at radius 1 is 1.05 bits per heavy atom. The van der Waals surface area contributed by atoms with E-state index in [4.69, 9.17) is 5.11 Å². The molecule has 0 saturated carbocycles. The second kappa shape index (κ2) is 6.18. The number of carboxylic acids is 1. The van der Waals surface area contributed by atoms with Gasteiger partial charge in [0.1, 0.15) is 6.33 Å². The minimum Gasteiger partial charge on any atom is -0.478 e. The number of hydrogen-bond donors (Lipinski definition) is 1. The van der Waals surface area contributed by atoms with Gasteiger partial charge in [0, 0.05) is 12.4 Å². The predicted octanol–water partition coefficient (Wildman–Crippen LogP) is 3.58. The van der Waals surface area contributed by atoms with Crippen LogP contribution in [0.3, 0.4) is 0 Å². The van der Waals surface area contributed by atoms with Gasteiger partial charge in [0.15, 0.2) is 0 Å². The molecule has 4 heteroatoms. The Balaban J connectivity index is 0.000000202. The Hall–Kier alpha value is -3.01. The van der Waals surface area contributed by atoms with Crippen LogP contribution in [-0.2, 0) is 6.42 Å². The van der Waals surface area contributed by atoms with Gasteiger partial charge in [0.05, 0.1) is 5.56 Å². The summed E-state index contributed by atoms with van der Waals surface area (Å²) in [7, 11) is 0. The van der Waals surface area contributed by atoms with Gasteiger partial charge in [-0.2, -0.15) is 0 Å². The van der Waals surface area contributed by atoms with Crippen molar-refractivity contribution in [2.24, 2.45) is 0 Å². The van der Waals surface area contributed by atoms with Gasteiger partial charge >= 0.3 is 5.97 Å². The predicted molar refractivity (Wildman–Crippen MR) is 85.7 cm³/mol. The Morgan fingerprint density at radius 3 is 2.50 bits per heavy atom. The van der Waals surface area contributed by atoms with Crippen LogP contribution in [0.4, 0.5) is 0 Å². The molecule has 2 aromatic carbocycles. The van der Waals surface area contributed by atoms with Gasteiger partial charge in [-0.25, -0.2) is 14.8 Å². The number of benzene rings is 2. The molecule has 0 atom stereocenters. The van der Waals surface area contributed by atoms with Crippen molar-refractivity contribution in [3.8, 4) is 0 Å².